The van der Waals surface area contributed by atoms with Gasteiger partial charge in [-0.3, -0.25) is 4.79 Å². The SMILES string of the molecule is CCCn1c([C@@H]2CCN(C(=O)c3cccc(Cl)c3)C2)nc2cccnc21. The zero-order valence-corrected chi connectivity index (χ0v) is 15.5. The number of likely N-dealkylation sites (tertiary alicyclic amines) is 1. The van der Waals surface area contributed by atoms with Crippen molar-refractivity contribution in [2.24, 2.45) is 0 Å². The average molecular weight is 369 g/mol. The fraction of sp³-hybridized carbons (Fsp3) is 0.350. The van der Waals surface area contributed by atoms with E-state index in [1.807, 2.05) is 35.4 Å². The summed E-state index contributed by atoms with van der Waals surface area (Å²) in [5.74, 6) is 1.31. The van der Waals surface area contributed by atoms with E-state index in [-0.39, 0.29) is 11.8 Å². The first-order valence-corrected chi connectivity index (χ1v) is 9.41. The molecular weight excluding hydrogens is 348 g/mol. The Kier molecular flexibility index (Phi) is 4.64. The number of imidazole rings is 1. The minimum atomic E-state index is 0.0336. The number of carbonyl (C=O) groups is 1. The number of hydrogen-bond donors (Lipinski definition) is 0. The molecule has 1 fully saturated rings. The zero-order chi connectivity index (χ0) is 18.1. The van der Waals surface area contributed by atoms with Crippen molar-refractivity contribution in [3.63, 3.8) is 0 Å². The predicted molar refractivity (Wildman–Crippen MR) is 103 cm³/mol. The first-order chi connectivity index (χ1) is 12.7. The molecule has 3 heterocycles. The molecule has 0 spiro atoms. The van der Waals surface area contributed by atoms with E-state index in [2.05, 4.69) is 16.5 Å². The largest absolute Gasteiger partial charge is 0.338 e. The minimum absolute atomic E-state index is 0.0336. The van der Waals surface area contributed by atoms with Gasteiger partial charge in [0.2, 0.25) is 0 Å². The van der Waals surface area contributed by atoms with Crippen molar-refractivity contribution < 1.29 is 4.79 Å². The van der Waals surface area contributed by atoms with Crippen molar-refractivity contribution in [3.05, 3.63) is 59.0 Å². The number of benzene rings is 1. The quantitative estimate of drug-likeness (QED) is 0.695. The normalized spacial score (nSPS) is 17.2. The summed E-state index contributed by atoms with van der Waals surface area (Å²) in [5, 5.41) is 0.586. The molecule has 1 aliphatic rings. The van der Waals surface area contributed by atoms with Gasteiger partial charge >= 0.3 is 0 Å². The molecule has 1 aliphatic heterocycles. The Balaban J connectivity index is 1.60. The lowest BCUT2D eigenvalue weighted by atomic mass is 10.1. The maximum atomic E-state index is 12.8. The Morgan fingerprint density at radius 2 is 2.19 bits per heavy atom. The first-order valence-electron chi connectivity index (χ1n) is 9.03. The highest BCUT2D eigenvalue weighted by Gasteiger charge is 2.31. The van der Waals surface area contributed by atoms with Crippen LogP contribution in [0.1, 0.15) is 41.9 Å². The van der Waals surface area contributed by atoms with Crippen LogP contribution in [0.2, 0.25) is 5.02 Å². The summed E-state index contributed by atoms with van der Waals surface area (Å²) in [5.41, 5.74) is 2.50. The van der Waals surface area contributed by atoms with E-state index in [4.69, 9.17) is 16.6 Å². The molecule has 134 valence electrons. The monoisotopic (exact) mass is 368 g/mol. The molecule has 2 aromatic heterocycles. The molecule has 0 unspecified atom stereocenters. The third kappa shape index (κ3) is 3.07. The van der Waals surface area contributed by atoms with Crippen LogP contribution in [0.5, 0.6) is 0 Å². The first kappa shape index (κ1) is 17.0. The lowest BCUT2D eigenvalue weighted by molar-refractivity contribution is 0.0790. The summed E-state index contributed by atoms with van der Waals surface area (Å²) >= 11 is 6.03. The smallest absolute Gasteiger partial charge is 0.253 e. The zero-order valence-electron chi connectivity index (χ0n) is 14.7. The Morgan fingerprint density at radius 1 is 1.31 bits per heavy atom. The van der Waals surface area contributed by atoms with Crippen LogP contribution in [0.4, 0.5) is 0 Å². The van der Waals surface area contributed by atoms with Gasteiger partial charge in [-0.25, -0.2) is 9.97 Å². The van der Waals surface area contributed by atoms with Gasteiger partial charge in [-0.1, -0.05) is 24.6 Å². The Hall–Kier alpha value is -2.40. The number of fused-ring (bicyclic) bond motifs is 1. The van der Waals surface area contributed by atoms with Crippen LogP contribution < -0.4 is 0 Å². The van der Waals surface area contributed by atoms with Crippen LogP contribution in [0.25, 0.3) is 11.2 Å². The summed E-state index contributed by atoms with van der Waals surface area (Å²) in [6.07, 6.45) is 3.75. The second-order valence-corrected chi connectivity index (χ2v) is 7.15. The van der Waals surface area contributed by atoms with E-state index in [1.165, 1.54) is 0 Å². The summed E-state index contributed by atoms with van der Waals surface area (Å²) in [7, 11) is 0. The van der Waals surface area contributed by atoms with Crippen LogP contribution in [-0.4, -0.2) is 38.4 Å². The summed E-state index contributed by atoms with van der Waals surface area (Å²) < 4.78 is 2.22. The molecule has 6 heteroatoms. The third-order valence-corrected chi connectivity index (χ3v) is 5.13. The number of pyridine rings is 1. The number of rotatable bonds is 4. The molecule has 26 heavy (non-hydrogen) atoms. The molecule has 0 bridgehead atoms. The lowest BCUT2D eigenvalue weighted by Crippen LogP contribution is -2.28. The van der Waals surface area contributed by atoms with Crippen molar-refractivity contribution >= 4 is 28.7 Å². The molecule has 4 rings (SSSR count). The molecule has 3 aromatic rings. The molecule has 0 aliphatic carbocycles. The van der Waals surface area contributed by atoms with Crippen molar-refractivity contribution in [1.82, 2.24) is 19.4 Å². The van der Waals surface area contributed by atoms with E-state index >= 15 is 0 Å². The number of aryl methyl sites for hydroxylation is 1. The average Bonchev–Trinajstić information content (AvgIpc) is 3.27. The number of amides is 1. The number of aromatic nitrogens is 3. The van der Waals surface area contributed by atoms with Gasteiger partial charge in [0.05, 0.1) is 0 Å². The molecule has 0 saturated carbocycles. The van der Waals surface area contributed by atoms with Crippen LogP contribution in [0.3, 0.4) is 0 Å². The van der Waals surface area contributed by atoms with Gasteiger partial charge in [0, 0.05) is 42.3 Å². The Morgan fingerprint density at radius 3 is 3.00 bits per heavy atom. The minimum Gasteiger partial charge on any atom is -0.338 e. The topological polar surface area (TPSA) is 51.0 Å². The van der Waals surface area contributed by atoms with E-state index in [9.17, 15) is 4.79 Å². The fourth-order valence-electron chi connectivity index (χ4n) is 3.69. The Bertz CT molecular complexity index is 952. The molecule has 1 saturated heterocycles. The maximum Gasteiger partial charge on any atom is 0.253 e. The third-order valence-electron chi connectivity index (χ3n) is 4.89. The predicted octanol–water partition coefficient (Wildman–Crippen LogP) is 4.12. The highest BCUT2D eigenvalue weighted by molar-refractivity contribution is 6.30. The molecule has 0 N–H and O–H groups in total. The lowest BCUT2D eigenvalue weighted by Gasteiger charge is -2.17. The molecule has 1 atom stereocenters. The number of hydrogen-bond acceptors (Lipinski definition) is 3. The number of halogens is 1. The second kappa shape index (κ2) is 7.08. The summed E-state index contributed by atoms with van der Waals surface area (Å²) in [6.45, 7) is 4.46. The standard InChI is InChI=1S/C20H21ClN4O/c1-2-10-25-18(23-17-7-4-9-22-19(17)25)15-8-11-24(13-15)20(26)14-5-3-6-16(21)12-14/h3-7,9,12,15H,2,8,10-11,13H2,1H3/t15-/m1/s1. The van der Waals surface area contributed by atoms with Crippen molar-refractivity contribution in [3.8, 4) is 0 Å². The fourth-order valence-corrected chi connectivity index (χ4v) is 3.88. The summed E-state index contributed by atoms with van der Waals surface area (Å²) in [6, 6.07) is 11.1. The Labute approximate surface area is 157 Å². The summed E-state index contributed by atoms with van der Waals surface area (Å²) in [4.78, 5) is 24.0. The van der Waals surface area contributed by atoms with Gasteiger partial charge in [-0.05, 0) is 43.2 Å². The maximum absolute atomic E-state index is 12.8. The number of nitrogens with zero attached hydrogens (tertiary/aromatic N) is 4. The van der Waals surface area contributed by atoms with Gasteiger partial charge in [0.25, 0.3) is 5.91 Å². The van der Waals surface area contributed by atoms with Crippen LogP contribution in [0, 0.1) is 0 Å². The van der Waals surface area contributed by atoms with Crippen LogP contribution in [-0.2, 0) is 6.54 Å². The van der Waals surface area contributed by atoms with E-state index in [0.717, 1.165) is 42.9 Å². The molecular formula is C20H21ClN4O. The van der Waals surface area contributed by atoms with Gasteiger partial charge in [-0.15, -0.1) is 0 Å². The van der Waals surface area contributed by atoms with E-state index in [0.29, 0.717) is 17.1 Å². The van der Waals surface area contributed by atoms with Gasteiger partial charge < -0.3 is 9.47 Å². The highest BCUT2D eigenvalue weighted by Crippen LogP contribution is 2.30. The van der Waals surface area contributed by atoms with E-state index in [1.54, 1.807) is 12.1 Å². The highest BCUT2D eigenvalue weighted by atomic mass is 35.5. The van der Waals surface area contributed by atoms with Crippen LogP contribution >= 0.6 is 11.6 Å². The van der Waals surface area contributed by atoms with Gasteiger partial charge in [-0.2, -0.15) is 0 Å². The second-order valence-electron chi connectivity index (χ2n) is 6.71. The van der Waals surface area contributed by atoms with Gasteiger partial charge in [0.15, 0.2) is 5.65 Å². The van der Waals surface area contributed by atoms with Gasteiger partial charge in [0.1, 0.15) is 11.3 Å². The molecule has 0 radical (unpaired) electrons. The van der Waals surface area contributed by atoms with E-state index < -0.39 is 0 Å². The van der Waals surface area contributed by atoms with Crippen LogP contribution in [0.15, 0.2) is 42.6 Å². The molecule has 1 aromatic carbocycles. The number of carbonyl (C=O) groups excluding carboxylic acids is 1. The van der Waals surface area contributed by atoms with Crippen molar-refractivity contribution in [2.75, 3.05) is 13.1 Å². The van der Waals surface area contributed by atoms with Crippen molar-refractivity contribution in [2.45, 2.75) is 32.2 Å². The molecule has 5 nitrogen and oxygen atoms in total. The van der Waals surface area contributed by atoms with Crippen molar-refractivity contribution in [1.29, 1.82) is 0 Å². The molecule has 1 amide bonds.